The summed E-state index contributed by atoms with van der Waals surface area (Å²) in [6.45, 7) is 0. The predicted molar refractivity (Wildman–Crippen MR) is 145 cm³/mol. The number of nitrogens with one attached hydrogen (secondary N) is 5. The van der Waals surface area contributed by atoms with Crippen LogP contribution >= 0.6 is 0 Å². The standard InChI is InChI=1S/C26H31N7O9/c27-16(8-14-11-28-12-30-14)23(38)32-19(9-22(36)37)25(40)31-18(5-6-21(34)35)24(39)33-20(26(41)42)7-13-10-29-17-4-2-1-3-15(13)17/h1-4,10-12,16,18-20,29H,5-9,27H2,(H,28,30)(H,31,40)(H,32,38)(H,33,39)(H,34,35)(H,36,37)(H,41,42). The molecule has 2 heterocycles. The number of hydrogen-bond acceptors (Lipinski definition) is 8. The highest BCUT2D eigenvalue weighted by Crippen LogP contribution is 2.19. The van der Waals surface area contributed by atoms with Crippen molar-refractivity contribution in [1.29, 1.82) is 0 Å². The number of hydrogen-bond donors (Lipinski definition) is 9. The number of carboxylic acid groups (broad SMARTS) is 3. The van der Waals surface area contributed by atoms with Gasteiger partial charge in [-0.1, -0.05) is 18.2 Å². The molecule has 0 bridgehead atoms. The lowest BCUT2D eigenvalue weighted by Gasteiger charge is -2.24. The largest absolute Gasteiger partial charge is 0.481 e. The summed E-state index contributed by atoms with van der Waals surface area (Å²) in [4.78, 5) is 83.0. The molecule has 3 rings (SSSR count). The number of fused-ring (bicyclic) bond motifs is 1. The SMILES string of the molecule is NC(Cc1cnc[nH]1)C(=O)NC(CC(=O)O)C(=O)NC(CCC(=O)O)C(=O)NC(Cc1c[nH]c2ccccc12)C(=O)O. The molecule has 0 radical (unpaired) electrons. The highest BCUT2D eigenvalue weighted by atomic mass is 16.4. The Morgan fingerprint density at radius 3 is 2.14 bits per heavy atom. The summed E-state index contributed by atoms with van der Waals surface area (Å²) in [5.74, 6) is -7.09. The molecule has 0 aliphatic heterocycles. The zero-order valence-electron chi connectivity index (χ0n) is 22.2. The molecule has 10 N–H and O–H groups in total. The van der Waals surface area contributed by atoms with Gasteiger partial charge in [0.2, 0.25) is 17.7 Å². The van der Waals surface area contributed by atoms with E-state index < -0.39 is 79.1 Å². The molecule has 0 saturated heterocycles. The Bertz CT molecular complexity index is 1440. The van der Waals surface area contributed by atoms with Crippen LogP contribution in [0.15, 0.2) is 43.0 Å². The number of carbonyl (C=O) groups is 6. The zero-order valence-corrected chi connectivity index (χ0v) is 22.2. The maximum Gasteiger partial charge on any atom is 0.326 e. The van der Waals surface area contributed by atoms with Crippen LogP contribution in [0, 0.1) is 0 Å². The summed E-state index contributed by atoms with van der Waals surface area (Å²) in [6.07, 6.45) is 2.39. The van der Waals surface area contributed by atoms with Crippen LogP contribution in [0.1, 0.15) is 30.5 Å². The third kappa shape index (κ3) is 8.88. The van der Waals surface area contributed by atoms with Crippen LogP contribution in [0.25, 0.3) is 10.9 Å². The van der Waals surface area contributed by atoms with Crippen LogP contribution in [0.3, 0.4) is 0 Å². The maximum atomic E-state index is 13.1. The van der Waals surface area contributed by atoms with E-state index >= 15 is 0 Å². The van der Waals surface area contributed by atoms with Crippen molar-refractivity contribution in [2.45, 2.75) is 56.3 Å². The minimum Gasteiger partial charge on any atom is -0.481 e. The molecule has 1 aromatic carbocycles. The summed E-state index contributed by atoms with van der Waals surface area (Å²) >= 11 is 0. The molecule has 3 amide bonds. The number of nitrogens with zero attached hydrogens (tertiary/aromatic N) is 1. The van der Waals surface area contributed by atoms with Gasteiger partial charge in [0.15, 0.2) is 0 Å². The molecule has 224 valence electrons. The van der Waals surface area contributed by atoms with E-state index in [0.29, 0.717) is 11.3 Å². The summed E-state index contributed by atoms with van der Waals surface area (Å²) in [6, 6.07) is 1.26. The topological polar surface area (TPSA) is 270 Å². The molecular weight excluding hydrogens is 554 g/mol. The molecule has 0 aliphatic carbocycles. The number of aromatic amines is 2. The second-order valence-electron chi connectivity index (χ2n) is 9.50. The first-order chi connectivity index (χ1) is 19.9. The van der Waals surface area contributed by atoms with Gasteiger partial charge in [0.1, 0.15) is 18.1 Å². The predicted octanol–water partition coefficient (Wildman–Crippen LogP) is -1.12. The van der Waals surface area contributed by atoms with Crippen LogP contribution in [0.5, 0.6) is 0 Å². The Balaban J connectivity index is 1.73. The van der Waals surface area contributed by atoms with Crippen LogP contribution in [0.4, 0.5) is 0 Å². The molecular formula is C26H31N7O9. The lowest BCUT2D eigenvalue weighted by Crippen LogP contribution is -2.57. The molecule has 0 spiro atoms. The third-order valence-electron chi connectivity index (χ3n) is 6.34. The lowest BCUT2D eigenvalue weighted by atomic mass is 10.0. The molecule has 4 unspecified atom stereocenters. The van der Waals surface area contributed by atoms with Gasteiger partial charge in [0, 0.05) is 48.3 Å². The van der Waals surface area contributed by atoms with Crippen molar-refractivity contribution < 1.29 is 44.1 Å². The highest BCUT2D eigenvalue weighted by molar-refractivity contribution is 5.96. The Labute approximate surface area is 238 Å². The summed E-state index contributed by atoms with van der Waals surface area (Å²) in [5.41, 5.74) is 7.73. The summed E-state index contributed by atoms with van der Waals surface area (Å²) in [7, 11) is 0. The average molecular weight is 586 g/mol. The number of carboxylic acids is 3. The van der Waals surface area contributed by atoms with E-state index in [1.807, 2.05) is 0 Å². The van der Waals surface area contributed by atoms with Gasteiger partial charge in [-0.25, -0.2) is 9.78 Å². The fourth-order valence-corrected chi connectivity index (χ4v) is 4.19. The van der Waals surface area contributed by atoms with E-state index in [1.54, 1.807) is 30.5 Å². The van der Waals surface area contributed by atoms with E-state index in [9.17, 15) is 39.0 Å². The van der Waals surface area contributed by atoms with Crippen molar-refractivity contribution >= 4 is 46.5 Å². The van der Waals surface area contributed by atoms with E-state index in [2.05, 4.69) is 30.9 Å². The fourth-order valence-electron chi connectivity index (χ4n) is 4.19. The second-order valence-corrected chi connectivity index (χ2v) is 9.50. The minimum absolute atomic E-state index is 0.00386. The van der Waals surface area contributed by atoms with Gasteiger partial charge in [-0.2, -0.15) is 0 Å². The van der Waals surface area contributed by atoms with Gasteiger partial charge in [-0.05, 0) is 18.1 Å². The molecule has 4 atom stereocenters. The normalized spacial score (nSPS) is 13.8. The van der Waals surface area contributed by atoms with Crippen molar-refractivity contribution in [2.24, 2.45) is 5.73 Å². The Kier molecular flexibility index (Phi) is 10.7. The van der Waals surface area contributed by atoms with Gasteiger partial charge in [0.05, 0.1) is 18.8 Å². The number of aliphatic carboxylic acids is 3. The highest BCUT2D eigenvalue weighted by Gasteiger charge is 2.32. The van der Waals surface area contributed by atoms with E-state index in [0.717, 1.165) is 10.9 Å². The van der Waals surface area contributed by atoms with Crippen LogP contribution < -0.4 is 21.7 Å². The van der Waals surface area contributed by atoms with Gasteiger partial charge in [-0.15, -0.1) is 0 Å². The van der Waals surface area contributed by atoms with E-state index in [-0.39, 0.29) is 12.8 Å². The summed E-state index contributed by atoms with van der Waals surface area (Å²) in [5, 5.41) is 35.7. The number of benzene rings is 1. The molecule has 16 heteroatoms. The zero-order chi connectivity index (χ0) is 30.8. The van der Waals surface area contributed by atoms with Crippen LogP contribution in [-0.4, -0.2) is 90.1 Å². The first-order valence-corrected chi connectivity index (χ1v) is 12.8. The third-order valence-corrected chi connectivity index (χ3v) is 6.34. The number of para-hydroxylation sites is 1. The first-order valence-electron chi connectivity index (χ1n) is 12.8. The van der Waals surface area contributed by atoms with E-state index in [1.165, 1.54) is 12.5 Å². The molecule has 16 nitrogen and oxygen atoms in total. The maximum absolute atomic E-state index is 13.1. The van der Waals surface area contributed by atoms with Crippen molar-refractivity contribution in [1.82, 2.24) is 30.9 Å². The Morgan fingerprint density at radius 2 is 1.50 bits per heavy atom. The van der Waals surface area contributed by atoms with Gasteiger partial charge >= 0.3 is 17.9 Å². The number of rotatable bonds is 16. The Hall–Kier alpha value is -5.25. The van der Waals surface area contributed by atoms with Crippen molar-refractivity contribution in [3.63, 3.8) is 0 Å². The number of H-pyrrole nitrogens is 2. The molecule has 2 aromatic heterocycles. The molecule has 0 saturated carbocycles. The number of nitrogens with two attached hydrogens (primary N) is 1. The molecule has 42 heavy (non-hydrogen) atoms. The summed E-state index contributed by atoms with van der Waals surface area (Å²) < 4.78 is 0. The minimum atomic E-state index is -1.68. The quantitative estimate of drug-likeness (QED) is 0.0971. The number of carbonyl (C=O) groups excluding carboxylic acids is 3. The number of aromatic nitrogens is 3. The smallest absolute Gasteiger partial charge is 0.326 e. The van der Waals surface area contributed by atoms with E-state index in [4.69, 9.17) is 10.8 Å². The van der Waals surface area contributed by atoms with Crippen LogP contribution in [-0.2, 0) is 41.6 Å². The van der Waals surface area contributed by atoms with Gasteiger partial charge < -0.3 is 47.0 Å². The van der Waals surface area contributed by atoms with Crippen molar-refractivity contribution in [3.8, 4) is 0 Å². The van der Waals surface area contributed by atoms with Gasteiger partial charge in [-0.3, -0.25) is 24.0 Å². The second kappa shape index (κ2) is 14.4. The molecule has 0 aliphatic rings. The first kappa shape index (κ1) is 31.3. The van der Waals surface area contributed by atoms with Crippen molar-refractivity contribution in [2.75, 3.05) is 0 Å². The van der Waals surface area contributed by atoms with Crippen molar-refractivity contribution in [3.05, 3.63) is 54.2 Å². The fraction of sp³-hybridized carbons (Fsp3) is 0.346. The Morgan fingerprint density at radius 1 is 0.833 bits per heavy atom. The molecule has 3 aromatic rings. The monoisotopic (exact) mass is 585 g/mol. The lowest BCUT2D eigenvalue weighted by molar-refractivity contribution is -0.143. The number of amides is 3. The average Bonchev–Trinajstić information content (AvgIpc) is 3.59. The van der Waals surface area contributed by atoms with Gasteiger partial charge in [0.25, 0.3) is 0 Å². The number of imidazole rings is 1. The van der Waals surface area contributed by atoms with Crippen LogP contribution in [0.2, 0.25) is 0 Å². The molecule has 0 fully saturated rings.